The Labute approximate surface area is 139 Å². The zero-order valence-electron chi connectivity index (χ0n) is 13.0. The van der Waals surface area contributed by atoms with Gasteiger partial charge < -0.3 is 9.84 Å². The molecule has 1 aromatic carbocycles. The number of rotatable bonds is 4. The maximum Gasteiger partial charge on any atom is 0.340 e. The van der Waals surface area contributed by atoms with Crippen LogP contribution < -0.4 is 4.74 Å². The Balaban J connectivity index is 2.36. The lowest BCUT2D eigenvalue weighted by molar-refractivity contribution is 0.0697. The molecule has 0 atom stereocenters. The molecule has 0 bridgehead atoms. The molecule has 0 amide bonds. The van der Waals surface area contributed by atoms with E-state index in [1.165, 1.54) is 10.9 Å². The van der Waals surface area contributed by atoms with E-state index < -0.39 is 5.97 Å². The van der Waals surface area contributed by atoms with Crippen molar-refractivity contribution in [1.29, 1.82) is 0 Å². The monoisotopic (exact) mass is 333 g/mol. The van der Waals surface area contributed by atoms with Crippen LogP contribution in [0.15, 0.2) is 24.4 Å². The third-order valence-electron chi connectivity index (χ3n) is 2.91. The van der Waals surface area contributed by atoms with Crippen LogP contribution in [0.2, 0.25) is 5.15 Å². The number of hydrogen-bond acceptors (Lipinski definition) is 3. The molecule has 1 N–H and O–H groups in total. The molecule has 2 aromatic rings. The smallest absolute Gasteiger partial charge is 0.340 e. The van der Waals surface area contributed by atoms with Gasteiger partial charge in [-0.05, 0) is 23.6 Å². The summed E-state index contributed by atoms with van der Waals surface area (Å²) in [6, 6.07) is 4.90. The maximum atomic E-state index is 11.0. The average Bonchev–Trinajstić information content (AvgIpc) is 2.86. The largest absolute Gasteiger partial charge is 0.504 e. The molecular weight excluding hydrogens is 318 g/mol. The Morgan fingerprint density at radius 1 is 1.48 bits per heavy atom. The van der Waals surface area contributed by atoms with Crippen LogP contribution in [0.1, 0.15) is 31.1 Å². The van der Waals surface area contributed by atoms with Crippen molar-refractivity contribution in [2.75, 3.05) is 6.61 Å². The Kier molecular flexibility index (Phi) is 4.62. The van der Waals surface area contributed by atoms with Gasteiger partial charge in [-0.15, -0.1) is 0 Å². The fraction of sp³-hybridized carbons (Fsp3) is 0.312. The van der Waals surface area contributed by atoms with Crippen LogP contribution >= 0.6 is 11.6 Å². The van der Waals surface area contributed by atoms with Crippen molar-refractivity contribution in [2.45, 2.75) is 20.8 Å². The first-order valence-corrected chi connectivity index (χ1v) is 7.22. The van der Waals surface area contributed by atoms with E-state index in [4.69, 9.17) is 28.0 Å². The SMILES string of the molecule is [C-]#[N+]c1cc(-n2ncc(C(=O)O)c2Cl)ccc1OCC(C)(C)C. The van der Waals surface area contributed by atoms with Gasteiger partial charge in [0.25, 0.3) is 0 Å². The summed E-state index contributed by atoms with van der Waals surface area (Å²) in [5.41, 5.74) is 0.690. The van der Waals surface area contributed by atoms with Gasteiger partial charge in [-0.1, -0.05) is 32.4 Å². The maximum absolute atomic E-state index is 11.0. The molecule has 0 aliphatic heterocycles. The van der Waals surface area contributed by atoms with Gasteiger partial charge in [-0.25, -0.2) is 14.3 Å². The second-order valence-electron chi connectivity index (χ2n) is 6.18. The Hall–Kier alpha value is -2.52. The fourth-order valence-electron chi connectivity index (χ4n) is 1.80. The lowest BCUT2D eigenvalue weighted by atomic mass is 9.99. The normalized spacial score (nSPS) is 11.1. The third-order valence-corrected chi connectivity index (χ3v) is 3.27. The van der Waals surface area contributed by atoms with Gasteiger partial charge in [-0.2, -0.15) is 5.10 Å². The molecule has 0 saturated heterocycles. The number of ether oxygens (including phenoxy) is 1. The minimum Gasteiger partial charge on any atom is -0.504 e. The van der Waals surface area contributed by atoms with Gasteiger partial charge in [0.2, 0.25) is 5.69 Å². The Bertz CT molecular complexity index is 785. The predicted molar refractivity (Wildman–Crippen MR) is 86.7 cm³/mol. The van der Waals surface area contributed by atoms with Crippen molar-refractivity contribution >= 4 is 23.3 Å². The topological polar surface area (TPSA) is 68.7 Å². The summed E-state index contributed by atoms with van der Waals surface area (Å²) in [6.07, 6.45) is 1.17. The van der Waals surface area contributed by atoms with E-state index in [1.807, 2.05) is 20.8 Å². The number of aromatic carboxylic acids is 1. The van der Waals surface area contributed by atoms with E-state index in [0.717, 1.165) is 0 Å². The molecule has 120 valence electrons. The quantitative estimate of drug-likeness (QED) is 0.851. The summed E-state index contributed by atoms with van der Waals surface area (Å²) in [5.74, 6) is -0.683. The highest BCUT2D eigenvalue weighted by atomic mass is 35.5. The predicted octanol–water partition coefficient (Wildman–Crippen LogP) is 4.20. The second kappa shape index (κ2) is 6.31. The van der Waals surface area contributed by atoms with Gasteiger partial charge in [-0.3, -0.25) is 0 Å². The van der Waals surface area contributed by atoms with Gasteiger partial charge in [0.15, 0.2) is 0 Å². The van der Waals surface area contributed by atoms with Crippen molar-refractivity contribution in [3.63, 3.8) is 0 Å². The number of carbonyl (C=O) groups is 1. The van der Waals surface area contributed by atoms with Crippen LogP contribution in [0, 0.1) is 12.0 Å². The van der Waals surface area contributed by atoms with Crippen LogP contribution in [0.4, 0.5) is 5.69 Å². The molecule has 0 radical (unpaired) electrons. The first-order chi connectivity index (χ1) is 10.7. The summed E-state index contributed by atoms with van der Waals surface area (Å²) in [6.45, 7) is 13.9. The summed E-state index contributed by atoms with van der Waals surface area (Å²) in [7, 11) is 0. The number of nitrogens with zero attached hydrogens (tertiary/aromatic N) is 3. The molecule has 0 saturated carbocycles. The molecular formula is C16H16ClN3O3. The zero-order valence-corrected chi connectivity index (χ0v) is 13.8. The van der Waals surface area contributed by atoms with E-state index in [9.17, 15) is 4.79 Å². The van der Waals surface area contributed by atoms with E-state index >= 15 is 0 Å². The average molecular weight is 334 g/mol. The van der Waals surface area contributed by atoms with Crippen LogP contribution in [0.25, 0.3) is 10.5 Å². The van der Waals surface area contributed by atoms with E-state index in [1.54, 1.807) is 18.2 Å². The van der Waals surface area contributed by atoms with Gasteiger partial charge >= 0.3 is 5.97 Å². The summed E-state index contributed by atoms with van der Waals surface area (Å²) in [4.78, 5) is 14.5. The van der Waals surface area contributed by atoms with Crippen LogP contribution in [-0.2, 0) is 0 Å². The van der Waals surface area contributed by atoms with Gasteiger partial charge in [0.05, 0.1) is 25.1 Å². The van der Waals surface area contributed by atoms with Gasteiger partial charge in [0, 0.05) is 0 Å². The van der Waals surface area contributed by atoms with Crippen molar-refractivity contribution in [1.82, 2.24) is 9.78 Å². The van der Waals surface area contributed by atoms with E-state index in [-0.39, 0.29) is 16.1 Å². The molecule has 0 aliphatic rings. The molecule has 6 nitrogen and oxygen atoms in total. The highest BCUT2D eigenvalue weighted by Crippen LogP contribution is 2.32. The third kappa shape index (κ3) is 3.82. The first kappa shape index (κ1) is 16.8. The van der Waals surface area contributed by atoms with E-state index in [0.29, 0.717) is 23.7 Å². The highest BCUT2D eigenvalue weighted by Gasteiger charge is 2.18. The molecule has 7 heteroatoms. The Morgan fingerprint density at radius 2 is 2.17 bits per heavy atom. The first-order valence-electron chi connectivity index (χ1n) is 6.84. The molecule has 1 heterocycles. The summed E-state index contributed by atoms with van der Waals surface area (Å²) in [5, 5.41) is 13.0. The number of hydrogen-bond donors (Lipinski definition) is 1. The highest BCUT2D eigenvalue weighted by molar-refractivity contribution is 6.32. The number of benzene rings is 1. The molecule has 2 rings (SSSR count). The molecule has 0 aliphatic carbocycles. The number of aromatic nitrogens is 2. The van der Waals surface area contributed by atoms with E-state index in [2.05, 4.69) is 9.94 Å². The van der Waals surface area contributed by atoms with Gasteiger partial charge in [0.1, 0.15) is 16.5 Å². The van der Waals surface area contributed by atoms with Crippen LogP contribution in [0.5, 0.6) is 5.75 Å². The standard InChI is InChI=1S/C16H16ClN3O3/c1-16(2,3)9-23-13-6-5-10(7-12(13)18-4)20-14(17)11(8-19-20)15(21)22/h5-8H,9H2,1-3H3,(H,21,22). The van der Waals surface area contributed by atoms with Crippen LogP contribution in [-0.4, -0.2) is 27.5 Å². The number of carboxylic acid groups (broad SMARTS) is 1. The molecule has 0 spiro atoms. The molecule has 0 fully saturated rings. The number of carboxylic acids is 1. The lowest BCUT2D eigenvalue weighted by Crippen LogP contribution is -2.16. The second-order valence-corrected chi connectivity index (χ2v) is 6.54. The zero-order chi connectivity index (χ0) is 17.2. The molecule has 0 unspecified atom stereocenters. The molecule has 23 heavy (non-hydrogen) atoms. The van der Waals surface area contributed by atoms with Crippen molar-refractivity contribution in [3.05, 3.63) is 46.5 Å². The fourth-order valence-corrected chi connectivity index (χ4v) is 2.07. The number of halogens is 1. The summed E-state index contributed by atoms with van der Waals surface area (Å²) >= 11 is 6.02. The summed E-state index contributed by atoms with van der Waals surface area (Å²) < 4.78 is 6.96. The minimum atomic E-state index is -1.16. The Morgan fingerprint density at radius 3 is 2.70 bits per heavy atom. The van der Waals surface area contributed by atoms with Crippen molar-refractivity contribution in [3.8, 4) is 11.4 Å². The molecule has 1 aromatic heterocycles. The van der Waals surface area contributed by atoms with Crippen molar-refractivity contribution < 1.29 is 14.6 Å². The van der Waals surface area contributed by atoms with Crippen molar-refractivity contribution in [2.24, 2.45) is 5.41 Å². The van der Waals surface area contributed by atoms with Crippen LogP contribution in [0.3, 0.4) is 0 Å². The minimum absolute atomic E-state index is 0.0169. The lowest BCUT2D eigenvalue weighted by Gasteiger charge is -2.19.